The number of ether oxygens (including phenoxy) is 2. The number of alkyl carbamates (subject to hydrolysis) is 1. The molecule has 0 saturated heterocycles. The summed E-state index contributed by atoms with van der Waals surface area (Å²) in [7, 11) is 1.58. The van der Waals surface area contributed by atoms with Crippen LogP contribution in [-0.4, -0.2) is 49.4 Å². The number of guanidine groups is 1. The predicted molar refractivity (Wildman–Crippen MR) is 97.8 cm³/mol. The summed E-state index contributed by atoms with van der Waals surface area (Å²) < 4.78 is 10.2. The van der Waals surface area contributed by atoms with Gasteiger partial charge in [-0.05, 0) is 33.3 Å². The summed E-state index contributed by atoms with van der Waals surface area (Å²) in [6.45, 7) is 9.68. The summed E-state index contributed by atoms with van der Waals surface area (Å²) in [6, 6.07) is 3.72. The van der Waals surface area contributed by atoms with Gasteiger partial charge in [0.15, 0.2) is 5.96 Å². The summed E-state index contributed by atoms with van der Waals surface area (Å²) in [5, 5.41) is 9.00. The number of carbonyl (C=O) groups excluding carboxylic acids is 1. The number of methoxy groups -OCH3 is 1. The van der Waals surface area contributed by atoms with Gasteiger partial charge in [-0.1, -0.05) is 6.07 Å². The van der Waals surface area contributed by atoms with Crippen LogP contribution in [0, 0.1) is 0 Å². The van der Waals surface area contributed by atoms with E-state index in [-0.39, 0.29) is 0 Å². The van der Waals surface area contributed by atoms with E-state index >= 15 is 0 Å². The average molecular weight is 351 g/mol. The molecule has 1 rings (SSSR count). The minimum Gasteiger partial charge on any atom is -0.481 e. The molecule has 0 radical (unpaired) electrons. The number of aliphatic imine (C=N–C) groups is 1. The summed E-state index contributed by atoms with van der Waals surface area (Å²) in [5.74, 6) is 1.25. The molecule has 1 amide bonds. The molecule has 0 aliphatic carbocycles. The molecule has 0 atom stereocenters. The lowest BCUT2D eigenvalue weighted by atomic mass is 10.2. The van der Waals surface area contributed by atoms with Crippen LogP contribution in [0.2, 0.25) is 0 Å². The largest absolute Gasteiger partial charge is 0.481 e. The van der Waals surface area contributed by atoms with Crippen molar-refractivity contribution >= 4 is 12.1 Å². The lowest BCUT2D eigenvalue weighted by molar-refractivity contribution is 0.0529. The molecule has 0 aliphatic rings. The van der Waals surface area contributed by atoms with E-state index in [9.17, 15) is 4.79 Å². The van der Waals surface area contributed by atoms with Crippen molar-refractivity contribution in [2.75, 3.05) is 26.7 Å². The molecule has 8 heteroatoms. The third kappa shape index (κ3) is 9.39. The third-order valence-electron chi connectivity index (χ3n) is 2.86. The van der Waals surface area contributed by atoms with Crippen LogP contribution in [-0.2, 0) is 11.3 Å². The van der Waals surface area contributed by atoms with Gasteiger partial charge in [-0.15, -0.1) is 0 Å². The number of nitrogens with zero attached hydrogens (tertiary/aromatic N) is 2. The van der Waals surface area contributed by atoms with Gasteiger partial charge in [-0.3, -0.25) is 0 Å². The van der Waals surface area contributed by atoms with E-state index in [2.05, 4.69) is 25.9 Å². The molecule has 0 spiro atoms. The second kappa shape index (κ2) is 10.4. The van der Waals surface area contributed by atoms with E-state index in [1.165, 1.54) is 0 Å². The van der Waals surface area contributed by atoms with E-state index in [0.717, 1.165) is 12.1 Å². The molecule has 25 heavy (non-hydrogen) atoms. The number of amides is 1. The number of rotatable bonds is 7. The summed E-state index contributed by atoms with van der Waals surface area (Å²) in [4.78, 5) is 20.2. The Labute approximate surface area is 149 Å². The van der Waals surface area contributed by atoms with Crippen LogP contribution in [0.3, 0.4) is 0 Å². The number of carbonyl (C=O) groups is 1. The quantitative estimate of drug-likeness (QED) is 0.393. The standard InChI is InChI=1S/C17H29N5O3/c1-6-18-15(19-9-10-20-16(23)25-17(2,3)4)22-12-13-7-8-14(24-5)21-11-13/h7-8,11H,6,9-10,12H2,1-5H3,(H,20,23)(H2,18,19,22). The van der Waals surface area contributed by atoms with Crippen LogP contribution in [0.15, 0.2) is 23.3 Å². The van der Waals surface area contributed by atoms with Gasteiger partial charge in [-0.25, -0.2) is 14.8 Å². The van der Waals surface area contributed by atoms with Crippen molar-refractivity contribution in [1.82, 2.24) is 20.9 Å². The molecule has 8 nitrogen and oxygen atoms in total. The number of aromatic nitrogens is 1. The molecular weight excluding hydrogens is 322 g/mol. The van der Waals surface area contributed by atoms with Crippen LogP contribution in [0.4, 0.5) is 4.79 Å². The Morgan fingerprint density at radius 1 is 1.20 bits per heavy atom. The monoisotopic (exact) mass is 351 g/mol. The van der Waals surface area contributed by atoms with Crippen LogP contribution in [0.5, 0.6) is 5.88 Å². The maximum absolute atomic E-state index is 11.6. The first kappa shape index (κ1) is 20.5. The van der Waals surface area contributed by atoms with Gasteiger partial charge < -0.3 is 25.4 Å². The minimum atomic E-state index is -0.500. The normalized spacial score (nSPS) is 11.6. The van der Waals surface area contributed by atoms with Crippen molar-refractivity contribution in [3.05, 3.63) is 23.9 Å². The van der Waals surface area contributed by atoms with Gasteiger partial charge in [0.05, 0.1) is 13.7 Å². The SMILES string of the molecule is CCNC(=NCc1ccc(OC)nc1)NCCNC(=O)OC(C)(C)C. The van der Waals surface area contributed by atoms with Crippen LogP contribution < -0.4 is 20.7 Å². The number of hydrogen-bond acceptors (Lipinski definition) is 5. The highest BCUT2D eigenvalue weighted by molar-refractivity contribution is 5.79. The second-order valence-corrected chi connectivity index (χ2v) is 6.26. The predicted octanol–water partition coefficient (Wildman–Crippen LogP) is 1.67. The summed E-state index contributed by atoms with van der Waals surface area (Å²) in [6.07, 6.45) is 1.30. The number of nitrogens with one attached hydrogen (secondary N) is 3. The van der Waals surface area contributed by atoms with Gasteiger partial charge in [0.2, 0.25) is 5.88 Å². The number of hydrogen-bond donors (Lipinski definition) is 3. The minimum absolute atomic E-state index is 0.430. The topological polar surface area (TPSA) is 96.9 Å². The highest BCUT2D eigenvalue weighted by Crippen LogP contribution is 2.07. The van der Waals surface area contributed by atoms with Gasteiger partial charge in [0.1, 0.15) is 5.60 Å². The molecule has 0 aliphatic heterocycles. The molecule has 0 saturated carbocycles. The fourth-order valence-electron chi connectivity index (χ4n) is 1.80. The molecule has 1 heterocycles. The summed E-state index contributed by atoms with van der Waals surface area (Å²) in [5.41, 5.74) is 0.477. The molecule has 0 aromatic carbocycles. The molecule has 0 bridgehead atoms. The third-order valence-corrected chi connectivity index (χ3v) is 2.86. The zero-order chi connectivity index (χ0) is 18.7. The maximum atomic E-state index is 11.6. The van der Waals surface area contributed by atoms with Crippen molar-refractivity contribution in [3.63, 3.8) is 0 Å². The van der Waals surface area contributed by atoms with Crippen molar-refractivity contribution in [2.24, 2.45) is 4.99 Å². The second-order valence-electron chi connectivity index (χ2n) is 6.26. The van der Waals surface area contributed by atoms with E-state index < -0.39 is 11.7 Å². The molecule has 140 valence electrons. The lowest BCUT2D eigenvalue weighted by Gasteiger charge is -2.19. The maximum Gasteiger partial charge on any atom is 0.407 e. The molecular formula is C17H29N5O3. The molecule has 1 aromatic heterocycles. The molecule has 1 aromatic rings. The Morgan fingerprint density at radius 2 is 1.92 bits per heavy atom. The number of pyridine rings is 1. The Morgan fingerprint density at radius 3 is 2.48 bits per heavy atom. The first-order chi connectivity index (χ1) is 11.8. The van der Waals surface area contributed by atoms with Crippen molar-refractivity contribution in [1.29, 1.82) is 0 Å². The van der Waals surface area contributed by atoms with Gasteiger partial charge >= 0.3 is 6.09 Å². The highest BCUT2D eigenvalue weighted by atomic mass is 16.6. The zero-order valence-electron chi connectivity index (χ0n) is 15.7. The van der Waals surface area contributed by atoms with E-state index in [1.54, 1.807) is 19.4 Å². The van der Waals surface area contributed by atoms with Crippen molar-refractivity contribution < 1.29 is 14.3 Å². The van der Waals surface area contributed by atoms with Crippen molar-refractivity contribution in [3.8, 4) is 5.88 Å². The molecule has 0 unspecified atom stereocenters. The first-order valence-electron chi connectivity index (χ1n) is 8.32. The fraction of sp³-hybridized carbons (Fsp3) is 0.588. The first-order valence-corrected chi connectivity index (χ1v) is 8.32. The van der Waals surface area contributed by atoms with Crippen LogP contribution in [0.25, 0.3) is 0 Å². The molecule has 3 N–H and O–H groups in total. The van der Waals surface area contributed by atoms with E-state index in [1.807, 2.05) is 33.8 Å². The van der Waals surface area contributed by atoms with Gasteiger partial charge in [0, 0.05) is 31.9 Å². The fourth-order valence-corrected chi connectivity index (χ4v) is 1.80. The van der Waals surface area contributed by atoms with Crippen molar-refractivity contribution in [2.45, 2.75) is 39.8 Å². The smallest absolute Gasteiger partial charge is 0.407 e. The van der Waals surface area contributed by atoms with Crippen LogP contribution in [0.1, 0.15) is 33.3 Å². The van der Waals surface area contributed by atoms with Gasteiger partial charge in [-0.2, -0.15) is 0 Å². The Balaban J connectivity index is 2.41. The van der Waals surface area contributed by atoms with Crippen LogP contribution >= 0.6 is 0 Å². The van der Waals surface area contributed by atoms with E-state index in [4.69, 9.17) is 9.47 Å². The Hall–Kier alpha value is -2.51. The van der Waals surface area contributed by atoms with Gasteiger partial charge in [0.25, 0.3) is 0 Å². The van der Waals surface area contributed by atoms with E-state index in [0.29, 0.717) is 31.5 Å². The molecule has 0 fully saturated rings. The average Bonchev–Trinajstić information content (AvgIpc) is 2.55. The Kier molecular flexibility index (Phi) is 8.52. The lowest BCUT2D eigenvalue weighted by Crippen LogP contribution is -2.42. The highest BCUT2D eigenvalue weighted by Gasteiger charge is 2.15. The summed E-state index contributed by atoms with van der Waals surface area (Å²) >= 11 is 0. The zero-order valence-corrected chi connectivity index (χ0v) is 15.7. The Bertz CT molecular complexity index is 552.